The summed E-state index contributed by atoms with van der Waals surface area (Å²) in [6.07, 6.45) is 0. The number of hydrogen-bond acceptors (Lipinski definition) is 5. The fourth-order valence-corrected chi connectivity index (χ4v) is 2.65. The maximum absolute atomic E-state index is 4.27. The van der Waals surface area contributed by atoms with E-state index in [4.69, 9.17) is 0 Å². The average Bonchev–Trinajstić information content (AvgIpc) is 2.71. The Balaban J connectivity index is 2.52. The smallest absolute Gasteiger partial charge is 0.168 e. The lowest BCUT2D eigenvalue weighted by Crippen LogP contribution is -1.90. The van der Waals surface area contributed by atoms with E-state index in [1.165, 1.54) is 22.2 Å². The van der Waals surface area contributed by atoms with Gasteiger partial charge in [-0.2, -0.15) is 8.75 Å². The van der Waals surface area contributed by atoms with Gasteiger partial charge < -0.3 is 5.32 Å². The zero-order valence-corrected chi connectivity index (χ0v) is 9.00. The highest BCUT2D eigenvalue weighted by molar-refractivity contribution is 7.14. The topological polar surface area (TPSA) is 37.8 Å². The van der Waals surface area contributed by atoms with Crippen molar-refractivity contribution in [3.05, 3.63) is 17.0 Å². The van der Waals surface area contributed by atoms with Crippen LogP contribution in [0.25, 0.3) is 10.6 Å². The van der Waals surface area contributed by atoms with E-state index in [9.17, 15) is 0 Å². The van der Waals surface area contributed by atoms with E-state index in [1.54, 1.807) is 11.3 Å². The van der Waals surface area contributed by atoms with Crippen molar-refractivity contribution in [2.75, 3.05) is 12.4 Å². The second kappa shape index (κ2) is 3.43. The van der Waals surface area contributed by atoms with Gasteiger partial charge in [0.15, 0.2) is 5.82 Å². The lowest BCUT2D eigenvalue weighted by atomic mass is 10.2. The van der Waals surface area contributed by atoms with Gasteiger partial charge in [-0.3, -0.25) is 0 Å². The van der Waals surface area contributed by atoms with Gasteiger partial charge in [-0.1, -0.05) is 0 Å². The first kappa shape index (κ1) is 8.65. The van der Waals surface area contributed by atoms with Crippen LogP contribution >= 0.6 is 23.1 Å². The molecule has 0 saturated heterocycles. The summed E-state index contributed by atoms with van der Waals surface area (Å²) in [4.78, 5) is 1.21. The summed E-state index contributed by atoms with van der Waals surface area (Å²) in [5.74, 6) is 0.871. The van der Waals surface area contributed by atoms with Crippen molar-refractivity contribution in [3.63, 3.8) is 0 Å². The number of anilines is 1. The van der Waals surface area contributed by atoms with Crippen LogP contribution in [0.1, 0.15) is 5.56 Å². The highest BCUT2D eigenvalue weighted by atomic mass is 32.1. The molecule has 0 aromatic carbocycles. The SMILES string of the molecule is CNc1nsnc1-c1sccc1C. The van der Waals surface area contributed by atoms with E-state index in [-0.39, 0.29) is 0 Å². The summed E-state index contributed by atoms with van der Waals surface area (Å²) in [6, 6.07) is 2.10. The van der Waals surface area contributed by atoms with E-state index < -0.39 is 0 Å². The van der Waals surface area contributed by atoms with Gasteiger partial charge >= 0.3 is 0 Å². The van der Waals surface area contributed by atoms with Gasteiger partial charge in [0.1, 0.15) is 5.69 Å². The van der Waals surface area contributed by atoms with Crippen LogP contribution in [-0.4, -0.2) is 15.8 Å². The molecule has 1 N–H and O–H groups in total. The van der Waals surface area contributed by atoms with Crippen molar-refractivity contribution >= 4 is 28.9 Å². The van der Waals surface area contributed by atoms with E-state index in [1.807, 2.05) is 7.05 Å². The third-order valence-corrected chi connectivity index (χ3v) is 3.35. The molecular weight excluding hydrogens is 202 g/mol. The summed E-state index contributed by atoms with van der Waals surface area (Å²) in [5.41, 5.74) is 2.23. The molecule has 5 heteroatoms. The van der Waals surface area contributed by atoms with Gasteiger partial charge in [0.2, 0.25) is 0 Å². The Hall–Kier alpha value is -0.940. The quantitative estimate of drug-likeness (QED) is 0.829. The number of nitrogens with one attached hydrogen (secondary N) is 1. The Morgan fingerprint density at radius 1 is 1.38 bits per heavy atom. The minimum Gasteiger partial charge on any atom is -0.370 e. The number of hydrogen-bond donors (Lipinski definition) is 1. The second-order valence-electron chi connectivity index (χ2n) is 2.64. The molecule has 2 rings (SSSR count). The molecule has 2 aromatic rings. The predicted octanol–water partition coefficient (Wildman–Crippen LogP) is 2.62. The maximum Gasteiger partial charge on any atom is 0.168 e. The highest BCUT2D eigenvalue weighted by Gasteiger charge is 2.11. The Labute approximate surface area is 84.8 Å². The lowest BCUT2D eigenvalue weighted by Gasteiger charge is -1.97. The molecule has 0 aliphatic carbocycles. The van der Waals surface area contributed by atoms with Crippen LogP contribution in [0.4, 0.5) is 5.82 Å². The molecule has 2 aromatic heterocycles. The summed E-state index contributed by atoms with van der Waals surface area (Å²) in [6.45, 7) is 2.09. The van der Waals surface area contributed by atoms with Crippen LogP contribution in [0.5, 0.6) is 0 Å². The first-order valence-corrected chi connectivity index (χ1v) is 5.48. The molecular formula is C8H9N3S2. The molecule has 0 aliphatic heterocycles. The number of aryl methyl sites for hydroxylation is 1. The summed E-state index contributed by atoms with van der Waals surface area (Å²) < 4.78 is 8.43. The largest absolute Gasteiger partial charge is 0.370 e. The Bertz CT molecular complexity index is 405. The molecule has 0 amide bonds. The van der Waals surface area contributed by atoms with Gasteiger partial charge in [-0.25, -0.2) is 0 Å². The third kappa shape index (κ3) is 1.45. The maximum atomic E-state index is 4.27. The Morgan fingerprint density at radius 3 is 2.85 bits per heavy atom. The van der Waals surface area contributed by atoms with Crippen molar-refractivity contribution in [1.29, 1.82) is 0 Å². The first-order valence-electron chi connectivity index (χ1n) is 3.87. The van der Waals surface area contributed by atoms with Crippen molar-refractivity contribution in [2.24, 2.45) is 0 Å². The Kier molecular flexibility index (Phi) is 2.28. The van der Waals surface area contributed by atoms with E-state index in [0.29, 0.717) is 0 Å². The molecule has 13 heavy (non-hydrogen) atoms. The minimum atomic E-state index is 0.871. The zero-order chi connectivity index (χ0) is 9.26. The summed E-state index contributed by atoms with van der Waals surface area (Å²) in [5, 5.41) is 5.11. The fraction of sp³-hybridized carbons (Fsp3) is 0.250. The molecule has 3 nitrogen and oxygen atoms in total. The van der Waals surface area contributed by atoms with Gasteiger partial charge in [0.25, 0.3) is 0 Å². The van der Waals surface area contributed by atoms with E-state index in [0.717, 1.165) is 11.5 Å². The van der Waals surface area contributed by atoms with Crippen LogP contribution in [0, 0.1) is 6.92 Å². The lowest BCUT2D eigenvalue weighted by molar-refractivity contribution is 1.40. The standard InChI is InChI=1S/C8H9N3S2/c1-5-3-4-12-7(5)6-8(9-2)11-13-10-6/h3-4H,1-2H3,(H,9,11). The van der Waals surface area contributed by atoms with E-state index >= 15 is 0 Å². The number of nitrogens with zero attached hydrogens (tertiary/aromatic N) is 2. The minimum absolute atomic E-state index is 0.871. The molecule has 0 spiro atoms. The molecule has 0 bridgehead atoms. The highest BCUT2D eigenvalue weighted by Crippen LogP contribution is 2.32. The van der Waals surface area contributed by atoms with Crippen molar-refractivity contribution in [1.82, 2.24) is 8.75 Å². The Morgan fingerprint density at radius 2 is 2.23 bits per heavy atom. The predicted molar refractivity (Wildman–Crippen MR) is 57.5 cm³/mol. The van der Waals surface area contributed by atoms with Crippen molar-refractivity contribution in [3.8, 4) is 10.6 Å². The van der Waals surface area contributed by atoms with Crippen LogP contribution in [-0.2, 0) is 0 Å². The monoisotopic (exact) mass is 211 g/mol. The van der Waals surface area contributed by atoms with Crippen LogP contribution < -0.4 is 5.32 Å². The molecule has 0 aliphatic rings. The first-order chi connectivity index (χ1) is 6.33. The molecule has 0 fully saturated rings. The molecule has 0 saturated carbocycles. The van der Waals surface area contributed by atoms with Gasteiger partial charge in [-0.15, -0.1) is 11.3 Å². The molecule has 2 heterocycles. The molecule has 0 atom stereocenters. The summed E-state index contributed by atoms with van der Waals surface area (Å²) >= 11 is 2.94. The van der Waals surface area contributed by atoms with Gasteiger partial charge in [0, 0.05) is 7.05 Å². The molecule has 68 valence electrons. The van der Waals surface area contributed by atoms with E-state index in [2.05, 4.69) is 32.4 Å². The fourth-order valence-electron chi connectivity index (χ4n) is 1.12. The number of thiophene rings is 1. The normalized spacial score (nSPS) is 10.3. The molecule has 0 radical (unpaired) electrons. The number of rotatable bonds is 2. The molecule has 0 unspecified atom stereocenters. The van der Waals surface area contributed by atoms with Crippen LogP contribution in [0.3, 0.4) is 0 Å². The number of aromatic nitrogens is 2. The third-order valence-electron chi connectivity index (χ3n) is 1.80. The second-order valence-corrected chi connectivity index (χ2v) is 4.09. The van der Waals surface area contributed by atoms with Crippen LogP contribution in [0.2, 0.25) is 0 Å². The van der Waals surface area contributed by atoms with Crippen molar-refractivity contribution < 1.29 is 0 Å². The average molecular weight is 211 g/mol. The van der Waals surface area contributed by atoms with Gasteiger partial charge in [0.05, 0.1) is 16.6 Å². The van der Waals surface area contributed by atoms with Gasteiger partial charge in [-0.05, 0) is 23.9 Å². The van der Waals surface area contributed by atoms with Crippen molar-refractivity contribution in [2.45, 2.75) is 6.92 Å². The van der Waals surface area contributed by atoms with Crippen LogP contribution in [0.15, 0.2) is 11.4 Å². The summed E-state index contributed by atoms with van der Waals surface area (Å²) in [7, 11) is 1.86. The zero-order valence-electron chi connectivity index (χ0n) is 7.37.